The van der Waals surface area contributed by atoms with Gasteiger partial charge in [-0.05, 0) is 48.6 Å². The average Bonchev–Trinajstić information content (AvgIpc) is 2.69. The second-order valence-electron chi connectivity index (χ2n) is 5.95. The monoisotopic (exact) mass is 384 g/mol. The van der Waals surface area contributed by atoms with E-state index in [2.05, 4.69) is 20.5 Å². The Morgan fingerprint density at radius 3 is 2.56 bits per heavy atom. The molecule has 0 atom stereocenters. The van der Waals surface area contributed by atoms with Gasteiger partial charge in [-0.25, -0.2) is 5.10 Å². The molecule has 0 aliphatic heterocycles. The molecular weight excluding hydrogens is 364 g/mol. The number of aromatic amines is 1. The van der Waals surface area contributed by atoms with Gasteiger partial charge in [0.25, 0.3) is 11.5 Å². The number of nitrogens with zero attached hydrogens (tertiary/aromatic N) is 2. The summed E-state index contributed by atoms with van der Waals surface area (Å²) in [7, 11) is 0. The van der Waals surface area contributed by atoms with E-state index in [0.717, 1.165) is 24.8 Å². The standard InChI is InChI=1S/C20H20N4O2.ClH/c25-19(17-5-3-11-21-14-17)22-12-2-1-4-15-6-8-16(9-7-15)18-10-13-23-24-20(18)26;/h3,5-11,13-14H,1-2,4,12H2,(H,22,25)(H,24,26);1H. The van der Waals surface area contributed by atoms with Crippen molar-refractivity contribution in [3.05, 3.63) is 82.5 Å². The van der Waals surface area contributed by atoms with Gasteiger partial charge < -0.3 is 5.32 Å². The van der Waals surface area contributed by atoms with Gasteiger partial charge in [0.05, 0.1) is 5.56 Å². The number of halogens is 1. The van der Waals surface area contributed by atoms with Crippen LogP contribution in [0.1, 0.15) is 28.8 Å². The number of H-pyrrole nitrogens is 1. The van der Waals surface area contributed by atoms with E-state index in [0.29, 0.717) is 17.7 Å². The van der Waals surface area contributed by atoms with Crippen molar-refractivity contribution in [2.75, 3.05) is 6.54 Å². The quantitative estimate of drug-likeness (QED) is 0.613. The number of benzene rings is 1. The van der Waals surface area contributed by atoms with Crippen LogP contribution in [0.15, 0.2) is 65.8 Å². The van der Waals surface area contributed by atoms with Gasteiger partial charge in [-0.3, -0.25) is 14.6 Å². The van der Waals surface area contributed by atoms with Crippen molar-refractivity contribution >= 4 is 18.3 Å². The van der Waals surface area contributed by atoms with Crippen LogP contribution in [0.5, 0.6) is 0 Å². The third-order valence-corrected chi connectivity index (χ3v) is 4.09. The molecule has 0 fully saturated rings. The Kier molecular flexibility index (Phi) is 7.70. The summed E-state index contributed by atoms with van der Waals surface area (Å²) >= 11 is 0. The highest BCUT2D eigenvalue weighted by Gasteiger charge is 2.04. The molecule has 0 aliphatic rings. The number of hydrogen-bond donors (Lipinski definition) is 2. The lowest BCUT2D eigenvalue weighted by molar-refractivity contribution is 0.0952. The van der Waals surface area contributed by atoms with E-state index in [4.69, 9.17) is 0 Å². The molecule has 140 valence electrons. The van der Waals surface area contributed by atoms with Crippen LogP contribution in [-0.2, 0) is 6.42 Å². The highest BCUT2D eigenvalue weighted by molar-refractivity contribution is 5.93. The van der Waals surface area contributed by atoms with E-state index in [1.165, 1.54) is 5.56 Å². The Balaban J connectivity index is 0.00000261. The zero-order chi connectivity index (χ0) is 18.2. The number of hydrogen-bond acceptors (Lipinski definition) is 4. The van der Waals surface area contributed by atoms with Gasteiger partial charge in [-0.15, -0.1) is 12.4 Å². The fourth-order valence-electron chi connectivity index (χ4n) is 2.68. The fourth-order valence-corrected chi connectivity index (χ4v) is 2.68. The van der Waals surface area contributed by atoms with Crippen LogP contribution in [0, 0.1) is 0 Å². The number of rotatable bonds is 7. The van der Waals surface area contributed by atoms with Crippen molar-refractivity contribution in [1.29, 1.82) is 0 Å². The molecule has 0 unspecified atom stereocenters. The lowest BCUT2D eigenvalue weighted by atomic mass is 10.0. The number of carbonyl (C=O) groups is 1. The Hall–Kier alpha value is -2.99. The zero-order valence-electron chi connectivity index (χ0n) is 14.7. The van der Waals surface area contributed by atoms with Gasteiger partial charge in [0, 0.05) is 30.7 Å². The van der Waals surface area contributed by atoms with Crippen LogP contribution in [0.2, 0.25) is 0 Å². The molecule has 0 aliphatic carbocycles. The first-order valence-corrected chi connectivity index (χ1v) is 8.55. The van der Waals surface area contributed by atoms with Crippen LogP contribution in [0.25, 0.3) is 11.1 Å². The average molecular weight is 385 g/mol. The molecule has 27 heavy (non-hydrogen) atoms. The Bertz CT molecular complexity index is 911. The fraction of sp³-hybridized carbons (Fsp3) is 0.200. The SMILES string of the molecule is Cl.O=C(NCCCCc1ccc(-c2ccn[nH]c2=O)cc1)c1cccnc1. The number of amides is 1. The van der Waals surface area contributed by atoms with Gasteiger partial charge in [0.2, 0.25) is 0 Å². The largest absolute Gasteiger partial charge is 0.352 e. The predicted octanol–water partition coefficient (Wildman–Crippen LogP) is 3.01. The van der Waals surface area contributed by atoms with Crippen molar-refractivity contribution in [2.24, 2.45) is 0 Å². The minimum atomic E-state index is -0.190. The van der Waals surface area contributed by atoms with Gasteiger partial charge in [0.1, 0.15) is 0 Å². The predicted molar refractivity (Wildman–Crippen MR) is 107 cm³/mol. The number of aryl methyl sites for hydroxylation is 1. The third kappa shape index (κ3) is 5.76. The summed E-state index contributed by atoms with van der Waals surface area (Å²) < 4.78 is 0. The first kappa shape index (κ1) is 20.3. The first-order valence-electron chi connectivity index (χ1n) is 8.55. The van der Waals surface area contributed by atoms with Gasteiger partial charge in [0.15, 0.2) is 0 Å². The molecule has 7 heteroatoms. The minimum absolute atomic E-state index is 0. The third-order valence-electron chi connectivity index (χ3n) is 4.09. The lowest BCUT2D eigenvalue weighted by Crippen LogP contribution is -2.24. The van der Waals surface area contributed by atoms with Crippen LogP contribution in [0.4, 0.5) is 0 Å². The van der Waals surface area contributed by atoms with Crippen LogP contribution in [0.3, 0.4) is 0 Å². The second-order valence-corrected chi connectivity index (χ2v) is 5.95. The summed E-state index contributed by atoms with van der Waals surface area (Å²) in [5.41, 5.74) is 3.09. The van der Waals surface area contributed by atoms with E-state index in [1.54, 1.807) is 36.8 Å². The number of unbranched alkanes of at least 4 members (excludes halogenated alkanes) is 1. The van der Waals surface area contributed by atoms with Crippen LogP contribution >= 0.6 is 12.4 Å². The van der Waals surface area contributed by atoms with Gasteiger partial charge in [-0.1, -0.05) is 24.3 Å². The highest BCUT2D eigenvalue weighted by Crippen LogP contribution is 2.16. The molecule has 3 rings (SSSR count). The topological polar surface area (TPSA) is 87.7 Å². The molecule has 0 saturated carbocycles. The molecule has 0 saturated heterocycles. The Labute approximate surface area is 163 Å². The first-order chi connectivity index (χ1) is 12.7. The molecule has 0 spiro atoms. The summed E-state index contributed by atoms with van der Waals surface area (Å²) in [4.78, 5) is 27.6. The normalized spacial score (nSPS) is 10.1. The summed E-state index contributed by atoms with van der Waals surface area (Å²) in [5.74, 6) is -0.0926. The summed E-state index contributed by atoms with van der Waals surface area (Å²) in [6.45, 7) is 0.637. The molecule has 0 radical (unpaired) electrons. The molecule has 1 amide bonds. The van der Waals surface area contributed by atoms with Crippen molar-refractivity contribution < 1.29 is 4.79 Å². The van der Waals surface area contributed by atoms with Crippen molar-refractivity contribution in [2.45, 2.75) is 19.3 Å². The number of carbonyl (C=O) groups excluding carboxylic acids is 1. The molecule has 2 aromatic heterocycles. The molecule has 1 aromatic carbocycles. The molecule has 6 nitrogen and oxygen atoms in total. The van der Waals surface area contributed by atoms with E-state index < -0.39 is 0 Å². The van der Waals surface area contributed by atoms with E-state index >= 15 is 0 Å². The number of aromatic nitrogens is 3. The van der Waals surface area contributed by atoms with Crippen LogP contribution < -0.4 is 10.9 Å². The van der Waals surface area contributed by atoms with Crippen molar-refractivity contribution in [3.8, 4) is 11.1 Å². The zero-order valence-corrected chi connectivity index (χ0v) is 15.5. The molecule has 0 bridgehead atoms. The molecule has 2 N–H and O–H groups in total. The maximum absolute atomic E-state index is 11.9. The van der Waals surface area contributed by atoms with E-state index in [-0.39, 0.29) is 23.9 Å². The molecule has 2 heterocycles. The molecule has 3 aromatic rings. The molecular formula is C20H21ClN4O2. The Morgan fingerprint density at radius 1 is 1.04 bits per heavy atom. The van der Waals surface area contributed by atoms with Gasteiger partial charge >= 0.3 is 0 Å². The minimum Gasteiger partial charge on any atom is -0.352 e. The summed E-state index contributed by atoms with van der Waals surface area (Å²) in [6, 6.07) is 13.2. The maximum Gasteiger partial charge on any atom is 0.272 e. The van der Waals surface area contributed by atoms with E-state index in [9.17, 15) is 9.59 Å². The maximum atomic E-state index is 11.9. The smallest absolute Gasteiger partial charge is 0.272 e. The lowest BCUT2D eigenvalue weighted by Gasteiger charge is -2.06. The van der Waals surface area contributed by atoms with E-state index in [1.807, 2.05) is 24.3 Å². The highest BCUT2D eigenvalue weighted by atomic mass is 35.5. The number of pyridine rings is 1. The van der Waals surface area contributed by atoms with Crippen LogP contribution in [-0.4, -0.2) is 27.6 Å². The number of nitrogens with one attached hydrogen (secondary N) is 2. The second kappa shape index (κ2) is 10.2. The van der Waals surface area contributed by atoms with Crippen molar-refractivity contribution in [1.82, 2.24) is 20.5 Å². The van der Waals surface area contributed by atoms with Gasteiger partial charge in [-0.2, -0.15) is 5.10 Å². The van der Waals surface area contributed by atoms with Crippen molar-refractivity contribution in [3.63, 3.8) is 0 Å². The summed E-state index contributed by atoms with van der Waals surface area (Å²) in [5, 5.41) is 9.04. The Morgan fingerprint density at radius 2 is 1.85 bits per heavy atom. The summed E-state index contributed by atoms with van der Waals surface area (Å²) in [6.07, 6.45) is 7.58.